The molecule has 0 aliphatic carbocycles. The summed E-state index contributed by atoms with van der Waals surface area (Å²) in [6.45, 7) is 1.09. The molecule has 1 atom stereocenters. The third kappa shape index (κ3) is 5.43. The lowest BCUT2D eigenvalue weighted by Gasteiger charge is -2.35. The van der Waals surface area contributed by atoms with Crippen molar-refractivity contribution in [3.05, 3.63) is 54.4 Å². The van der Waals surface area contributed by atoms with Crippen LogP contribution in [0.1, 0.15) is 10.4 Å². The predicted molar refractivity (Wildman–Crippen MR) is 97.4 cm³/mol. The second-order valence-corrected chi connectivity index (χ2v) is 6.37. The molecule has 9 heteroatoms. The van der Waals surface area contributed by atoms with E-state index in [-0.39, 0.29) is 5.56 Å². The number of amides is 1. The Balaban J connectivity index is 1.58. The van der Waals surface area contributed by atoms with Crippen molar-refractivity contribution in [1.29, 1.82) is 0 Å². The van der Waals surface area contributed by atoms with Crippen molar-refractivity contribution < 1.29 is 22.7 Å². The molecule has 28 heavy (non-hydrogen) atoms. The number of rotatable bonds is 6. The van der Waals surface area contributed by atoms with Gasteiger partial charge >= 0.3 is 6.18 Å². The summed E-state index contributed by atoms with van der Waals surface area (Å²) in [4.78, 5) is 17.6. The fraction of sp³-hybridized carbons (Fsp3) is 0.368. The zero-order valence-electron chi connectivity index (χ0n) is 15.1. The zero-order valence-corrected chi connectivity index (χ0v) is 15.1. The maximum absolute atomic E-state index is 13.4. The normalized spacial score (nSPS) is 16.4. The molecule has 6 nitrogen and oxygen atoms in total. The van der Waals surface area contributed by atoms with E-state index in [1.165, 1.54) is 17.0 Å². The second kappa shape index (κ2) is 9.03. The van der Waals surface area contributed by atoms with Crippen molar-refractivity contribution in [3.63, 3.8) is 0 Å². The third-order valence-corrected chi connectivity index (χ3v) is 4.41. The highest BCUT2D eigenvalue weighted by molar-refractivity contribution is 5.94. The first-order valence-corrected chi connectivity index (χ1v) is 8.91. The van der Waals surface area contributed by atoms with Crippen LogP contribution < -0.4 is 15.4 Å². The number of nitrogens with one attached hydrogen (secondary N) is 2. The summed E-state index contributed by atoms with van der Waals surface area (Å²) in [5.41, 5.74) is 0.264. The number of aromatic nitrogens is 1. The van der Waals surface area contributed by atoms with Gasteiger partial charge in [-0.2, -0.15) is 13.2 Å². The lowest BCUT2D eigenvalue weighted by Crippen LogP contribution is -2.57. The van der Waals surface area contributed by atoms with Gasteiger partial charge in [-0.25, -0.2) is 0 Å². The van der Waals surface area contributed by atoms with Gasteiger partial charge in [0, 0.05) is 44.5 Å². The Morgan fingerprint density at radius 1 is 1.18 bits per heavy atom. The molecule has 0 radical (unpaired) electrons. The lowest BCUT2D eigenvalue weighted by atomic mass is 10.1. The monoisotopic (exact) mass is 394 g/mol. The van der Waals surface area contributed by atoms with Crippen LogP contribution in [0.3, 0.4) is 0 Å². The minimum atomic E-state index is -4.41. The van der Waals surface area contributed by atoms with Gasteiger partial charge in [0.25, 0.3) is 5.91 Å². The number of pyridine rings is 1. The quantitative estimate of drug-likeness (QED) is 0.788. The molecule has 1 aliphatic heterocycles. The standard InChI is InChI=1S/C19H21F3N4O2/c20-19(21,22)17(26-10-8-23-9-11-26)13-25-18(27)14-3-5-15(6-4-14)28-16-2-1-7-24-12-16/h1-7,12,17,23H,8-11,13H2,(H,25,27). The first-order chi connectivity index (χ1) is 13.4. The van der Waals surface area contributed by atoms with E-state index in [1.807, 2.05) is 0 Å². The number of hydrogen-bond donors (Lipinski definition) is 2. The summed E-state index contributed by atoms with van der Waals surface area (Å²) in [6.07, 6.45) is -1.24. The van der Waals surface area contributed by atoms with E-state index in [9.17, 15) is 18.0 Å². The number of carbonyl (C=O) groups is 1. The van der Waals surface area contributed by atoms with Gasteiger partial charge in [0.05, 0.1) is 6.20 Å². The molecule has 1 unspecified atom stereocenters. The van der Waals surface area contributed by atoms with E-state index in [4.69, 9.17) is 4.74 Å². The average molecular weight is 394 g/mol. The first-order valence-electron chi connectivity index (χ1n) is 8.91. The van der Waals surface area contributed by atoms with Crippen LogP contribution in [0.2, 0.25) is 0 Å². The smallest absolute Gasteiger partial charge is 0.405 e. The molecule has 2 N–H and O–H groups in total. The highest BCUT2D eigenvalue weighted by Crippen LogP contribution is 2.25. The van der Waals surface area contributed by atoms with Crippen molar-refractivity contribution in [1.82, 2.24) is 20.5 Å². The molecule has 1 amide bonds. The van der Waals surface area contributed by atoms with E-state index in [0.29, 0.717) is 37.7 Å². The molecule has 0 spiro atoms. The van der Waals surface area contributed by atoms with E-state index >= 15 is 0 Å². The molecule has 150 valence electrons. The first kappa shape index (κ1) is 20.1. The van der Waals surface area contributed by atoms with Crippen LogP contribution >= 0.6 is 0 Å². The minimum Gasteiger partial charge on any atom is -0.456 e. The van der Waals surface area contributed by atoms with Crippen LogP contribution in [0.5, 0.6) is 11.5 Å². The summed E-state index contributed by atoms with van der Waals surface area (Å²) in [7, 11) is 0. The van der Waals surface area contributed by atoms with Gasteiger partial charge in [0.1, 0.15) is 17.5 Å². The summed E-state index contributed by atoms with van der Waals surface area (Å²) < 4.78 is 45.7. The number of carbonyl (C=O) groups excluding carboxylic acids is 1. The van der Waals surface area contributed by atoms with Gasteiger partial charge in [-0.15, -0.1) is 0 Å². The molecular weight excluding hydrogens is 373 g/mol. The molecule has 0 bridgehead atoms. The van der Waals surface area contributed by atoms with Gasteiger partial charge in [-0.3, -0.25) is 14.7 Å². The fourth-order valence-corrected chi connectivity index (χ4v) is 2.95. The summed E-state index contributed by atoms with van der Waals surface area (Å²) >= 11 is 0. The molecule has 1 aliphatic rings. The average Bonchev–Trinajstić information content (AvgIpc) is 2.69. The number of benzene rings is 1. The molecule has 2 heterocycles. The van der Waals surface area contributed by atoms with Crippen LogP contribution in [0, 0.1) is 0 Å². The van der Waals surface area contributed by atoms with Crippen LogP contribution in [0.4, 0.5) is 13.2 Å². The van der Waals surface area contributed by atoms with E-state index < -0.39 is 24.7 Å². The highest BCUT2D eigenvalue weighted by Gasteiger charge is 2.43. The fourth-order valence-electron chi connectivity index (χ4n) is 2.95. The molecule has 3 rings (SSSR count). The number of halogens is 3. The Hall–Kier alpha value is -2.65. The number of alkyl halides is 3. The topological polar surface area (TPSA) is 66.5 Å². The Morgan fingerprint density at radius 2 is 1.89 bits per heavy atom. The van der Waals surface area contributed by atoms with Crippen LogP contribution in [-0.4, -0.2) is 60.7 Å². The SMILES string of the molecule is O=C(NCC(N1CCNCC1)C(F)(F)F)c1ccc(Oc2cccnc2)cc1. The van der Waals surface area contributed by atoms with Gasteiger partial charge in [0.15, 0.2) is 0 Å². The van der Waals surface area contributed by atoms with Crippen LogP contribution in [0.25, 0.3) is 0 Å². The molecule has 2 aromatic rings. The van der Waals surface area contributed by atoms with E-state index in [2.05, 4.69) is 15.6 Å². The Kier molecular flexibility index (Phi) is 6.48. The molecule has 1 aromatic heterocycles. The Bertz CT molecular complexity index is 763. The van der Waals surface area contributed by atoms with Gasteiger partial charge in [-0.05, 0) is 36.4 Å². The van der Waals surface area contributed by atoms with Gasteiger partial charge in [-0.1, -0.05) is 0 Å². The molecular formula is C19H21F3N4O2. The van der Waals surface area contributed by atoms with Crippen molar-refractivity contribution in [3.8, 4) is 11.5 Å². The number of ether oxygens (including phenoxy) is 1. The number of piperazine rings is 1. The van der Waals surface area contributed by atoms with Crippen molar-refractivity contribution in [2.24, 2.45) is 0 Å². The maximum atomic E-state index is 13.4. The lowest BCUT2D eigenvalue weighted by molar-refractivity contribution is -0.183. The number of hydrogen-bond acceptors (Lipinski definition) is 5. The van der Waals surface area contributed by atoms with E-state index in [0.717, 1.165) is 0 Å². The highest BCUT2D eigenvalue weighted by atomic mass is 19.4. The zero-order chi connectivity index (χ0) is 20.0. The Labute approximate surface area is 160 Å². The number of nitrogens with zero attached hydrogens (tertiary/aromatic N) is 2. The predicted octanol–water partition coefficient (Wildman–Crippen LogP) is 2.44. The molecule has 1 fully saturated rings. The van der Waals surface area contributed by atoms with Crippen molar-refractivity contribution >= 4 is 5.91 Å². The minimum absolute atomic E-state index is 0.264. The summed E-state index contributed by atoms with van der Waals surface area (Å²) in [6, 6.07) is 7.95. The van der Waals surface area contributed by atoms with Crippen LogP contribution in [0.15, 0.2) is 48.8 Å². The largest absolute Gasteiger partial charge is 0.456 e. The van der Waals surface area contributed by atoms with Crippen molar-refractivity contribution in [2.45, 2.75) is 12.2 Å². The van der Waals surface area contributed by atoms with E-state index in [1.54, 1.807) is 36.7 Å². The van der Waals surface area contributed by atoms with Gasteiger partial charge in [0.2, 0.25) is 0 Å². The summed E-state index contributed by atoms with van der Waals surface area (Å²) in [5.74, 6) is 0.486. The molecule has 0 saturated carbocycles. The maximum Gasteiger partial charge on any atom is 0.405 e. The van der Waals surface area contributed by atoms with Crippen molar-refractivity contribution in [2.75, 3.05) is 32.7 Å². The molecule has 1 saturated heterocycles. The molecule has 1 aromatic carbocycles. The van der Waals surface area contributed by atoms with Crippen LogP contribution in [-0.2, 0) is 0 Å². The summed E-state index contributed by atoms with van der Waals surface area (Å²) in [5, 5.41) is 5.42. The van der Waals surface area contributed by atoms with Gasteiger partial charge < -0.3 is 15.4 Å². The second-order valence-electron chi connectivity index (χ2n) is 6.37. The Morgan fingerprint density at radius 3 is 2.50 bits per heavy atom. The third-order valence-electron chi connectivity index (χ3n) is 4.41.